The first-order valence-electron chi connectivity index (χ1n) is 5.33. The highest BCUT2D eigenvalue weighted by Crippen LogP contribution is 2.33. The number of halogens is 2. The lowest BCUT2D eigenvalue weighted by atomic mass is 9.88. The van der Waals surface area contributed by atoms with E-state index >= 15 is 0 Å². The minimum Gasteiger partial charge on any atom is -0.691 e. The van der Waals surface area contributed by atoms with E-state index in [2.05, 4.69) is 14.1 Å². The molecule has 0 spiro atoms. The van der Waals surface area contributed by atoms with Crippen molar-refractivity contribution in [1.82, 2.24) is 0 Å². The lowest BCUT2D eigenvalue weighted by molar-refractivity contribution is -0.777. The van der Waals surface area contributed by atoms with Crippen LogP contribution in [0.5, 0.6) is 0 Å². The van der Waals surface area contributed by atoms with E-state index in [0.29, 0.717) is 25.7 Å². The zero-order chi connectivity index (χ0) is 13.6. The van der Waals surface area contributed by atoms with Crippen molar-refractivity contribution in [2.24, 2.45) is 5.92 Å². The first kappa shape index (κ1) is 15.6. The van der Waals surface area contributed by atoms with Gasteiger partial charge in [-0.1, -0.05) is 0 Å². The highest BCUT2D eigenvalue weighted by atomic mass is 32.2. The molecule has 0 aromatic heterocycles. The van der Waals surface area contributed by atoms with Gasteiger partial charge in [-0.2, -0.15) is 13.1 Å². The van der Waals surface area contributed by atoms with Gasteiger partial charge >= 0.3 is 11.2 Å². The van der Waals surface area contributed by atoms with E-state index in [1.807, 2.05) is 0 Å². The van der Waals surface area contributed by atoms with Crippen molar-refractivity contribution in [3.63, 3.8) is 0 Å². The Balaban J connectivity index is 2.36. The summed E-state index contributed by atoms with van der Waals surface area (Å²) in [6.45, 7) is 0.0430. The molecular weight excluding hydrogens is 274 g/mol. The molecule has 1 aliphatic carbocycles. The summed E-state index contributed by atoms with van der Waals surface area (Å²) >= 11 is -0.702. The summed E-state index contributed by atoms with van der Waals surface area (Å²) in [5.41, 5.74) is 0. The van der Waals surface area contributed by atoms with Crippen molar-refractivity contribution in [3.05, 3.63) is 0 Å². The van der Waals surface area contributed by atoms with Gasteiger partial charge in [-0.15, -0.1) is 0 Å². The number of aliphatic hydroxyl groups is 1. The summed E-state index contributed by atoms with van der Waals surface area (Å²) in [4.78, 5) is 11.1. The Morgan fingerprint density at radius 1 is 1.39 bits per heavy atom. The fourth-order valence-electron chi connectivity index (χ4n) is 1.74. The molecule has 0 atom stereocenters. The number of carbonyl (C=O) groups is 1. The average molecular weight is 287 g/mol. The molecule has 0 aliphatic heterocycles. The summed E-state index contributed by atoms with van der Waals surface area (Å²) in [6.07, 6.45) is 1.49. The number of hydrogen-bond donors (Lipinski definition) is 1. The predicted octanol–water partition coefficient (Wildman–Crippen LogP) is 0.545. The van der Waals surface area contributed by atoms with Gasteiger partial charge in [-0.3, -0.25) is 5.04 Å². The second-order valence-corrected chi connectivity index (χ2v) is 4.78. The third-order valence-corrected chi connectivity index (χ3v) is 3.23. The Bertz CT molecular complexity index is 270. The molecule has 0 aromatic rings. The quantitative estimate of drug-likeness (QED) is 0.330. The molecule has 106 valence electrons. The van der Waals surface area contributed by atoms with Crippen molar-refractivity contribution in [3.8, 4) is 0 Å². The van der Waals surface area contributed by atoms with Crippen LogP contribution in [-0.2, 0) is 18.9 Å². The van der Waals surface area contributed by atoms with Crippen LogP contribution in [0.1, 0.15) is 25.7 Å². The van der Waals surface area contributed by atoms with Crippen molar-refractivity contribution < 1.29 is 38.0 Å². The summed E-state index contributed by atoms with van der Waals surface area (Å²) < 4.78 is 34.1. The van der Waals surface area contributed by atoms with Crippen LogP contribution < -0.4 is 5.26 Å². The summed E-state index contributed by atoms with van der Waals surface area (Å²) in [7, 11) is 0. The number of carbonyl (C=O) groups excluding carboxylic acids is 1. The van der Waals surface area contributed by atoms with Gasteiger partial charge in [0.15, 0.2) is 0 Å². The van der Waals surface area contributed by atoms with Crippen molar-refractivity contribution >= 4 is 18.0 Å². The van der Waals surface area contributed by atoms with Gasteiger partial charge in [0.1, 0.15) is 18.1 Å². The molecule has 0 radical (unpaired) electrons. The van der Waals surface area contributed by atoms with Gasteiger partial charge in [0, 0.05) is 6.61 Å². The van der Waals surface area contributed by atoms with Crippen LogP contribution >= 0.6 is 12.0 Å². The molecule has 0 aromatic carbocycles. The van der Waals surface area contributed by atoms with Crippen molar-refractivity contribution in [1.29, 1.82) is 0 Å². The van der Waals surface area contributed by atoms with E-state index < -0.39 is 29.4 Å². The largest absolute Gasteiger partial charge is 0.691 e. The third kappa shape index (κ3) is 4.65. The number of alkyl halides is 2. The topological polar surface area (TPSA) is 88.1 Å². The molecule has 0 heterocycles. The Hall–Kier alpha value is -0.480. The van der Waals surface area contributed by atoms with E-state index in [1.165, 1.54) is 0 Å². The second kappa shape index (κ2) is 7.19. The highest BCUT2D eigenvalue weighted by Gasteiger charge is 2.45. The first-order valence-corrected chi connectivity index (χ1v) is 6.08. The standard InChI is InChI=1S/C9H14F2O6S/c10-9(11,18-17-16-14)8(13)15-7-3-1-6(5-12)2-4-7/h6-7,12,14H,1-5H2/p-1. The lowest BCUT2D eigenvalue weighted by Gasteiger charge is -2.27. The van der Waals surface area contributed by atoms with E-state index in [4.69, 9.17) is 5.11 Å². The maximum atomic E-state index is 13.0. The second-order valence-electron chi connectivity index (χ2n) is 3.97. The minimum atomic E-state index is -3.99. The Kier molecular flexibility index (Phi) is 6.22. The molecule has 0 unspecified atom stereocenters. The molecule has 0 amide bonds. The number of rotatable bonds is 6. The Labute approximate surface area is 106 Å². The average Bonchev–Trinajstić information content (AvgIpc) is 2.37. The molecule has 0 bridgehead atoms. The first-order chi connectivity index (χ1) is 8.49. The molecule has 0 saturated heterocycles. The van der Waals surface area contributed by atoms with Crippen LogP contribution in [-0.4, -0.2) is 29.0 Å². The molecule has 18 heavy (non-hydrogen) atoms. The molecule has 9 heteroatoms. The van der Waals surface area contributed by atoms with Gasteiger partial charge in [-0.05, 0) is 31.6 Å². The Morgan fingerprint density at radius 2 is 2.00 bits per heavy atom. The number of aliphatic hydroxyl groups excluding tert-OH is 1. The molecule has 1 N–H and O–H groups in total. The molecule has 1 rings (SSSR count). The number of esters is 1. The molecular formula is C9H13F2O6S-. The van der Waals surface area contributed by atoms with Gasteiger partial charge < -0.3 is 15.1 Å². The maximum absolute atomic E-state index is 13.0. The zero-order valence-corrected chi connectivity index (χ0v) is 10.2. The normalized spacial score (nSPS) is 24.9. The number of hydrogen-bond acceptors (Lipinski definition) is 7. The van der Waals surface area contributed by atoms with Crippen LogP contribution in [0.4, 0.5) is 8.78 Å². The SMILES string of the molecule is O=C(OC1CCC(CO)CC1)C(F)(F)SOO[O-]. The smallest absolute Gasteiger partial charge is 0.415 e. The van der Waals surface area contributed by atoms with Gasteiger partial charge in [0.25, 0.3) is 0 Å². The molecule has 6 nitrogen and oxygen atoms in total. The fourth-order valence-corrected chi connectivity index (χ4v) is 1.97. The van der Waals surface area contributed by atoms with E-state index in [9.17, 15) is 18.8 Å². The van der Waals surface area contributed by atoms with Gasteiger partial charge in [0.05, 0.1) is 0 Å². The van der Waals surface area contributed by atoms with Crippen molar-refractivity contribution in [2.75, 3.05) is 6.61 Å². The molecule has 1 aliphatic rings. The fraction of sp³-hybridized carbons (Fsp3) is 0.889. The van der Waals surface area contributed by atoms with Gasteiger partial charge in [-0.25, -0.2) is 4.79 Å². The lowest BCUT2D eigenvalue weighted by Crippen LogP contribution is -2.34. The predicted molar refractivity (Wildman–Crippen MR) is 53.6 cm³/mol. The third-order valence-electron chi connectivity index (χ3n) is 2.73. The van der Waals surface area contributed by atoms with Crippen LogP contribution in [0.3, 0.4) is 0 Å². The summed E-state index contributed by atoms with van der Waals surface area (Å²) in [5, 5.41) is 17.1. The minimum absolute atomic E-state index is 0.0430. The summed E-state index contributed by atoms with van der Waals surface area (Å²) in [5.74, 6) is -1.64. The zero-order valence-electron chi connectivity index (χ0n) is 9.34. The van der Waals surface area contributed by atoms with Crippen LogP contribution in [0.2, 0.25) is 0 Å². The summed E-state index contributed by atoms with van der Waals surface area (Å²) in [6, 6.07) is 0. The van der Waals surface area contributed by atoms with Crippen LogP contribution in [0.15, 0.2) is 0 Å². The maximum Gasteiger partial charge on any atom is 0.415 e. The van der Waals surface area contributed by atoms with E-state index in [1.54, 1.807) is 0 Å². The van der Waals surface area contributed by atoms with Crippen LogP contribution in [0.25, 0.3) is 0 Å². The van der Waals surface area contributed by atoms with Crippen molar-refractivity contribution in [2.45, 2.75) is 37.0 Å². The highest BCUT2D eigenvalue weighted by molar-refractivity contribution is 7.96. The van der Waals surface area contributed by atoms with E-state index in [0.717, 1.165) is 0 Å². The van der Waals surface area contributed by atoms with Gasteiger partial charge in [0.2, 0.25) is 0 Å². The monoisotopic (exact) mass is 287 g/mol. The molecule has 1 saturated carbocycles. The molecule has 1 fully saturated rings. The number of ether oxygens (including phenoxy) is 1. The van der Waals surface area contributed by atoms with E-state index in [-0.39, 0.29) is 12.5 Å². The Morgan fingerprint density at radius 3 is 2.50 bits per heavy atom. The van der Waals surface area contributed by atoms with Crippen LogP contribution in [0, 0.1) is 5.92 Å².